The molecule has 3 unspecified atom stereocenters. The number of ether oxygens (including phenoxy) is 1. The maximum absolute atomic E-state index is 14.0. The first kappa shape index (κ1) is 30.2. The molecule has 0 aliphatic carbocycles. The van der Waals surface area contributed by atoms with Crippen molar-refractivity contribution in [3.63, 3.8) is 0 Å². The van der Waals surface area contributed by atoms with Gasteiger partial charge in [0, 0.05) is 12.1 Å². The zero-order chi connectivity index (χ0) is 27.1. The highest BCUT2D eigenvalue weighted by atomic mass is 16.6. The highest BCUT2D eigenvalue weighted by Gasteiger charge is 2.38. The number of benzene rings is 1. The molecule has 35 heavy (non-hydrogen) atoms. The topological polar surface area (TPSA) is 87.7 Å². The zero-order valence-electron chi connectivity index (χ0n) is 23.2. The van der Waals surface area contributed by atoms with Gasteiger partial charge in [0.15, 0.2) is 0 Å². The number of hydrogen-bond donors (Lipinski definition) is 2. The highest BCUT2D eigenvalue weighted by Crippen LogP contribution is 2.27. The number of amides is 3. The van der Waals surface area contributed by atoms with E-state index in [1.54, 1.807) is 26.8 Å². The Kier molecular flexibility index (Phi) is 10.6. The van der Waals surface area contributed by atoms with Crippen LogP contribution in [0.2, 0.25) is 0 Å². The molecular weight excluding hydrogens is 442 g/mol. The van der Waals surface area contributed by atoms with Crippen LogP contribution in [0.4, 0.5) is 4.79 Å². The summed E-state index contributed by atoms with van der Waals surface area (Å²) in [4.78, 5) is 41.8. The predicted octanol–water partition coefficient (Wildman–Crippen LogP) is 5.21. The van der Waals surface area contributed by atoms with Crippen LogP contribution in [0.5, 0.6) is 0 Å². The molecule has 7 nitrogen and oxygen atoms in total. The number of nitrogens with one attached hydrogen (secondary N) is 2. The molecule has 1 aromatic carbocycles. The maximum Gasteiger partial charge on any atom is 0.408 e. The summed E-state index contributed by atoms with van der Waals surface area (Å²) in [5, 5.41) is 5.79. The number of rotatable bonds is 9. The first-order valence-electron chi connectivity index (χ1n) is 12.3. The molecule has 0 bridgehead atoms. The lowest BCUT2D eigenvalue weighted by Crippen LogP contribution is -2.56. The number of aryl methyl sites for hydroxylation is 2. The van der Waals surface area contributed by atoms with E-state index in [2.05, 4.69) is 17.2 Å². The van der Waals surface area contributed by atoms with Crippen LogP contribution in [0, 0.1) is 19.8 Å². The molecule has 0 fully saturated rings. The summed E-state index contributed by atoms with van der Waals surface area (Å²) in [5.41, 5.74) is 1.49. The molecule has 2 N–H and O–H groups in total. The van der Waals surface area contributed by atoms with Crippen LogP contribution in [-0.4, -0.2) is 46.5 Å². The van der Waals surface area contributed by atoms with E-state index in [1.165, 1.54) is 4.90 Å². The Morgan fingerprint density at radius 1 is 1.06 bits per heavy atom. The van der Waals surface area contributed by atoms with Crippen LogP contribution >= 0.6 is 0 Å². The lowest BCUT2D eigenvalue weighted by Gasteiger charge is -2.37. The van der Waals surface area contributed by atoms with Gasteiger partial charge in [0.2, 0.25) is 11.8 Å². The van der Waals surface area contributed by atoms with Crippen LogP contribution in [0.3, 0.4) is 0 Å². The number of nitrogens with zero attached hydrogens (tertiary/aromatic N) is 1. The lowest BCUT2D eigenvalue weighted by atomic mass is 9.94. The first-order chi connectivity index (χ1) is 16.0. The van der Waals surface area contributed by atoms with E-state index >= 15 is 0 Å². The van der Waals surface area contributed by atoms with E-state index < -0.39 is 29.3 Å². The highest BCUT2D eigenvalue weighted by molar-refractivity contribution is 5.92. The average Bonchev–Trinajstić information content (AvgIpc) is 2.67. The number of alkyl carbamates (subject to hydrolysis) is 1. The summed E-state index contributed by atoms with van der Waals surface area (Å²) in [6, 6.07) is 4.09. The summed E-state index contributed by atoms with van der Waals surface area (Å²) in [5.74, 6) is -0.843. The molecule has 3 atom stereocenters. The molecule has 0 saturated carbocycles. The van der Waals surface area contributed by atoms with Crippen molar-refractivity contribution in [1.82, 2.24) is 15.5 Å². The summed E-state index contributed by atoms with van der Waals surface area (Å²) in [6.07, 6.45) is 1.58. The molecular formula is C28H45N3O4. The third-order valence-corrected chi connectivity index (χ3v) is 5.38. The van der Waals surface area contributed by atoms with Gasteiger partial charge in [-0.15, -0.1) is 6.58 Å². The molecule has 0 heterocycles. The third-order valence-electron chi connectivity index (χ3n) is 5.38. The van der Waals surface area contributed by atoms with E-state index in [9.17, 15) is 14.4 Å². The molecule has 0 spiro atoms. The van der Waals surface area contributed by atoms with Gasteiger partial charge in [-0.25, -0.2) is 4.79 Å². The van der Waals surface area contributed by atoms with Gasteiger partial charge in [0.05, 0.1) is 0 Å². The SMILES string of the molecule is C=CCN(C(=O)C(NC(=O)OC(C)(C)C)C(C)CC)C(C(=O)NC(C)(C)C)c1cc(C)cc(C)c1. The van der Waals surface area contributed by atoms with Crippen molar-refractivity contribution in [3.05, 3.63) is 47.5 Å². The average molecular weight is 488 g/mol. The molecule has 0 aliphatic rings. The normalized spacial score (nSPS) is 14.3. The first-order valence-corrected chi connectivity index (χ1v) is 12.3. The molecule has 0 saturated heterocycles. The monoisotopic (exact) mass is 487 g/mol. The van der Waals surface area contributed by atoms with Crippen LogP contribution < -0.4 is 10.6 Å². The van der Waals surface area contributed by atoms with Crippen molar-refractivity contribution < 1.29 is 19.1 Å². The largest absolute Gasteiger partial charge is 0.444 e. The number of carbonyl (C=O) groups is 3. The summed E-state index contributed by atoms with van der Waals surface area (Å²) in [6.45, 7) is 22.7. The third kappa shape index (κ3) is 9.74. The smallest absolute Gasteiger partial charge is 0.408 e. The fraction of sp³-hybridized carbons (Fsp3) is 0.607. The van der Waals surface area contributed by atoms with Crippen LogP contribution in [-0.2, 0) is 14.3 Å². The van der Waals surface area contributed by atoms with Crippen molar-refractivity contribution in [2.75, 3.05) is 6.54 Å². The molecule has 0 radical (unpaired) electrons. The lowest BCUT2D eigenvalue weighted by molar-refractivity contribution is -0.143. The summed E-state index contributed by atoms with van der Waals surface area (Å²) in [7, 11) is 0. The predicted molar refractivity (Wildman–Crippen MR) is 141 cm³/mol. The number of hydrogen-bond acceptors (Lipinski definition) is 4. The zero-order valence-corrected chi connectivity index (χ0v) is 23.2. The second kappa shape index (κ2) is 12.2. The fourth-order valence-corrected chi connectivity index (χ4v) is 3.84. The Balaban J connectivity index is 3.57. The Morgan fingerprint density at radius 2 is 1.60 bits per heavy atom. The molecule has 196 valence electrons. The van der Waals surface area contributed by atoms with Gasteiger partial charge in [-0.1, -0.05) is 55.7 Å². The van der Waals surface area contributed by atoms with E-state index in [0.717, 1.165) is 11.1 Å². The van der Waals surface area contributed by atoms with Gasteiger partial charge in [0.25, 0.3) is 0 Å². The Hall–Kier alpha value is -2.83. The van der Waals surface area contributed by atoms with E-state index in [0.29, 0.717) is 12.0 Å². The standard InChI is InChI=1S/C28H45N3O4/c1-12-14-31(25(33)22(20(5)13-2)29-26(34)35-28(9,10)11)23(24(32)30-27(6,7)8)21-16-18(3)15-19(4)17-21/h12,15-17,20,22-23H,1,13-14H2,2-11H3,(H,29,34)(H,30,32). The molecule has 0 aromatic heterocycles. The van der Waals surface area contributed by atoms with Crippen LogP contribution in [0.1, 0.15) is 84.5 Å². The van der Waals surface area contributed by atoms with Gasteiger partial charge < -0.3 is 20.3 Å². The van der Waals surface area contributed by atoms with E-state index in [1.807, 2.05) is 66.7 Å². The van der Waals surface area contributed by atoms with Gasteiger partial charge in [-0.2, -0.15) is 0 Å². The van der Waals surface area contributed by atoms with Crippen molar-refractivity contribution >= 4 is 17.9 Å². The Morgan fingerprint density at radius 3 is 2.03 bits per heavy atom. The fourth-order valence-electron chi connectivity index (χ4n) is 3.84. The van der Waals surface area contributed by atoms with Gasteiger partial charge in [0.1, 0.15) is 17.7 Å². The second-order valence-electron chi connectivity index (χ2n) is 11.4. The van der Waals surface area contributed by atoms with Gasteiger partial charge in [-0.3, -0.25) is 9.59 Å². The Bertz CT molecular complexity index is 892. The minimum Gasteiger partial charge on any atom is -0.444 e. The minimum atomic E-state index is -0.898. The Labute approximate surface area is 211 Å². The minimum absolute atomic E-state index is 0.136. The summed E-state index contributed by atoms with van der Waals surface area (Å²) >= 11 is 0. The maximum atomic E-state index is 14.0. The van der Waals surface area contributed by atoms with Crippen molar-refractivity contribution in [2.45, 2.75) is 98.9 Å². The molecule has 7 heteroatoms. The van der Waals surface area contributed by atoms with Crippen LogP contribution in [0.25, 0.3) is 0 Å². The van der Waals surface area contributed by atoms with E-state index in [4.69, 9.17) is 4.74 Å². The molecule has 1 rings (SSSR count). The van der Waals surface area contributed by atoms with Crippen molar-refractivity contribution in [3.8, 4) is 0 Å². The van der Waals surface area contributed by atoms with Crippen molar-refractivity contribution in [1.29, 1.82) is 0 Å². The quantitative estimate of drug-likeness (QED) is 0.468. The van der Waals surface area contributed by atoms with Gasteiger partial charge in [-0.05, 0) is 66.9 Å². The van der Waals surface area contributed by atoms with Crippen LogP contribution in [0.15, 0.2) is 30.9 Å². The molecule has 1 aromatic rings. The molecule has 0 aliphatic heterocycles. The second-order valence-corrected chi connectivity index (χ2v) is 11.4. The van der Waals surface area contributed by atoms with Crippen molar-refractivity contribution in [2.24, 2.45) is 5.92 Å². The number of carbonyl (C=O) groups excluding carboxylic acids is 3. The van der Waals surface area contributed by atoms with Gasteiger partial charge >= 0.3 is 6.09 Å². The summed E-state index contributed by atoms with van der Waals surface area (Å²) < 4.78 is 5.42. The molecule has 3 amide bonds. The van der Waals surface area contributed by atoms with E-state index in [-0.39, 0.29) is 24.3 Å².